The van der Waals surface area contributed by atoms with Crippen molar-refractivity contribution in [3.05, 3.63) is 48.0 Å². The fourth-order valence-electron chi connectivity index (χ4n) is 3.38. The highest BCUT2D eigenvalue weighted by atomic mass is 16.2. The summed E-state index contributed by atoms with van der Waals surface area (Å²) < 4.78 is 0. The van der Waals surface area contributed by atoms with Crippen LogP contribution in [0.25, 0.3) is 10.8 Å². The van der Waals surface area contributed by atoms with E-state index in [-0.39, 0.29) is 5.91 Å². The van der Waals surface area contributed by atoms with E-state index in [1.165, 1.54) is 22.8 Å². The summed E-state index contributed by atoms with van der Waals surface area (Å²) in [5, 5.41) is 5.86. The van der Waals surface area contributed by atoms with Crippen molar-refractivity contribution >= 4 is 16.7 Å². The predicted molar refractivity (Wildman–Crippen MR) is 95.2 cm³/mol. The zero-order chi connectivity index (χ0) is 16.1. The molecule has 1 N–H and O–H groups in total. The van der Waals surface area contributed by atoms with Crippen molar-refractivity contribution in [2.75, 3.05) is 19.6 Å². The summed E-state index contributed by atoms with van der Waals surface area (Å²) in [5.74, 6) is 0.964. The highest BCUT2D eigenvalue weighted by Crippen LogP contribution is 2.19. The van der Waals surface area contributed by atoms with E-state index in [0.29, 0.717) is 18.9 Å². The second kappa shape index (κ2) is 7.60. The van der Waals surface area contributed by atoms with Crippen molar-refractivity contribution in [1.29, 1.82) is 0 Å². The van der Waals surface area contributed by atoms with Crippen LogP contribution in [0.5, 0.6) is 0 Å². The molecule has 1 atom stereocenters. The first-order valence-electron chi connectivity index (χ1n) is 8.72. The second-order valence-electron chi connectivity index (χ2n) is 6.49. The molecule has 122 valence electrons. The molecule has 3 heteroatoms. The van der Waals surface area contributed by atoms with Gasteiger partial charge in [-0.3, -0.25) is 4.79 Å². The summed E-state index contributed by atoms with van der Waals surface area (Å²) in [5.41, 5.74) is 1.21. The van der Waals surface area contributed by atoms with Gasteiger partial charge in [0.15, 0.2) is 0 Å². The minimum absolute atomic E-state index is 0.285. The standard InChI is InChI=1S/C20H26N2O/c1-2-22(20(23)10-8-16-11-12-21-14-16)15-17-7-9-18-5-3-4-6-19(18)13-17/h3-7,9,13,16,21H,2,8,10-12,14-15H2,1H3. The van der Waals surface area contributed by atoms with Crippen molar-refractivity contribution in [3.8, 4) is 0 Å². The maximum atomic E-state index is 12.5. The lowest BCUT2D eigenvalue weighted by Crippen LogP contribution is -2.30. The number of nitrogens with zero attached hydrogens (tertiary/aromatic N) is 1. The molecule has 1 amide bonds. The minimum atomic E-state index is 0.285. The molecule has 2 aromatic rings. The summed E-state index contributed by atoms with van der Waals surface area (Å²) in [6.45, 7) is 5.73. The van der Waals surface area contributed by atoms with Gasteiger partial charge in [-0.2, -0.15) is 0 Å². The van der Waals surface area contributed by atoms with E-state index < -0.39 is 0 Å². The lowest BCUT2D eigenvalue weighted by Gasteiger charge is -2.22. The predicted octanol–water partition coefficient (Wildman–Crippen LogP) is 3.58. The fourth-order valence-corrected chi connectivity index (χ4v) is 3.38. The van der Waals surface area contributed by atoms with E-state index in [2.05, 4.69) is 54.7 Å². The highest BCUT2D eigenvalue weighted by Gasteiger charge is 2.18. The molecular formula is C20H26N2O. The van der Waals surface area contributed by atoms with Crippen LogP contribution in [0.4, 0.5) is 0 Å². The van der Waals surface area contributed by atoms with Crippen LogP contribution >= 0.6 is 0 Å². The average Bonchev–Trinajstić information content (AvgIpc) is 3.11. The molecule has 0 bridgehead atoms. The van der Waals surface area contributed by atoms with Crippen molar-refractivity contribution in [3.63, 3.8) is 0 Å². The Balaban J connectivity index is 1.61. The Hall–Kier alpha value is -1.87. The summed E-state index contributed by atoms with van der Waals surface area (Å²) >= 11 is 0. The van der Waals surface area contributed by atoms with Crippen LogP contribution in [-0.2, 0) is 11.3 Å². The topological polar surface area (TPSA) is 32.3 Å². The van der Waals surface area contributed by atoms with E-state index >= 15 is 0 Å². The molecule has 1 aliphatic rings. The van der Waals surface area contributed by atoms with E-state index in [4.69, 9.17) is 0 Å². The molecule has 1 saturated heterocycles. The van der Waals surface area contributed by atoms with Gasteiger partial charge in [0.25, 0.3) is 0 Å². The lowest BCUT2D eigenvalue weighted by molar-refractivity contribution is -0.131. The molecule has 1 unspecified atom stereocenters. The van der Waals surface area contributed by atoms with Gasteiger partial charge in [-0.25, -0.2) is 0 Å². The highest BCUT2D eigenvalue weighted by molar-refractivity contribution is 5.83. The first-order valence-corrected chi connectivity index (χ1v) is 8.72. The van der Waals surface area contributed by atoms with Gasteiger partial charge in [0.2, 0.25) is 5.91 Å². The number of amides is 1. The Morgan fingerprint density at radius 2 is 2.04 bits per heavy atom. The number of nitrogens with one attached hydrogen (secondary N) is 1. The molecule has 3 nitrogen and oxygen atoms in total. The summed E-state index contributed by atoms with van der Waals surface area (Å²) in [4.78, 5) is 14.5. The van der Waals surface area contributed by atoms with E-state index in [9.17, 15) is 4.79 Å². The molecule has 1 aliphatic heterocycles. The van der Waals surface area contributed by atoms with Crippen LogP contribution in [-0.4, -0.2) is 30.4 Å². The van der Waals surface area contributed by atoms with Crippen LogP contribution in [0.3, 0.4) is 0 Å². The molecule has 0 radical (unpaired) electrons. The van der Waals surface area contributed by atoms with Gasteiger partial charge >= 0.3 is 0 Å². The fraction of sp³-hybridized carbons (Fsp3) is 0.450. The largest absolute Gasteiger partial charge is 0.339 e. The number of rotatable bonds is 6. The second-order valence-corrected chi connectivity index (χ2v) is 6.49. The number of hydrogen-bond donors (Lipinski definition) is 1. The number of fused-ring (bicyclic) bond motifs is 1. The van der Waals surface area contributed by atoms with Gasteiger partial charge < -0.3 is 10.2 Å². The lowest BCUT2D eigenvalue weighted by atomic mass is 10.0. The van der Waals surface area contributed by atoms with Gasteiger partial charge in [0.1, 0.15) is 0 Å². The molecule has 3 rings (SSSR count). The third-order valence-corrected chi connectivity index (χ3v) is 4.85. The minimum Gasteiger partial charge on any atom is -0.339 e. The maximum absolute atomic E-state index is 12.5. The monoisotopic (exact) mass is 310 g/mol. The molecule has 0 aliphatic carbocycles. The van der Waals surface area contributed by atoms with Crippen LogP contribution in [0.1, 0.15) is 31.7 Å². The Morgan fingerprint density at radius 1 is 1.22 bits per heavy atom. The Kier molecular flexibility index (Phi) is 5.29. The van der Waals surface area contributed by atoms with Gasteiger partial charge in [-0.1, -0.05) is 36.4 Å². The Morgan fingerprint density at radius 3 is 2.78 bits per heavy atom. The van der Waals surface area contributed by atoms with Gasteiger partial charge in [0.05, 0.1) is 0 Å². The summed E-state index contributed by atoms with van der Waals surface area (Å²) in [6, 6.07) is 14.9. The molecule has 0 spiro atoms. The van der Waals surface area contributed by atoms with Gasteiger partial charge in [-0.05, 0) is 61.2 Å². The number of hydrogen-bond acceptors (Lipinski definition) is 2. The zero-order valence-corrected chi connectivity index (χ0v) is 13.9. The van der Waals surface area contributed by atoms with Crippen LogP contribution in [0.2, 0.25) is 0 Å². The van der Waals surface area contributed by atoms with Gasteiger partial charge in [0, 0.05) is 19.5 Å². The number of carbonyl (C=O) groups excluding carboxylic acids is 1. The third kappa shape index (κ3) is 4.11. The molecule has 23 heavy (non-hydrogen) atoms. The Bertz CT molecular complexity index is 661. The molecule has 1 fully saturated rings. The first-order chi connectivity index (χ1) is 11.3. The number of benzene rings is 2. The zero-order valence-electron chi connectivity index (χ0n) is 13.9. The smallest absolute Gasteiger partial charge is 0.222 e. The average molecular weight is 310 g/mol. The molecule has 0 aromatic heterocycles. The van der Waals surface area contributed by atoms with Crippen molar-refractivity contribution < 1.29 is 4.79 Å². The van der Waals surface area contributed by atoms with Crippen LogP contribution in [0.15, 0.2) is 42.5 Å². The molecular weight excluding hydrogens is 284 g/mol. The number of carbonyl (C=O) groups is 1. The molecule has 0 saturated carbocycles. The Labute approximate surface area is 138 Å². The van der Waals surface area contributed by atoms with E-state index in [1.54, 1.807) is 0 Å². The SMILES string of the molecule is CCN(Cc1ccc2ccccc2c1)C(=O)CCC1CCNC1. The van der Waals surface area contributed by atoms with E-state index in [0.717, 1.165) is 26.1 Å². The van der Waals surface area contributed by atoms with Crippen molar-refractivity contribution in [2.45, 2.75) is 32.7 Å². The quantitative estimate of drug-likeness (QED) is 0.884. The first kappa shape index (κ1) is 16.0. The summed E-state index contributed by atoms with van der Waals surface area (Å²) in [6.07, 6.45) is 2.90. The van der Waals surface area contributed by atoms with Crippen molar-refractivity contribution in [1.82, 2.24) is 10.2 Å². The maximum Gasteiger partial charge on any atom is 0.222 e. The third-order valence-electron chi connectivity index (χ3n) is 4.85. The van der Waals surface area contributed by atoms with Gasteiger partial charge in [-0.15, -0.1) is 0 Å². The molecule has 1 heterocycles. The van der Waals surface area contributed by atoms with Crippen molar-refractivity contribution in [2.24, 2.45) is 5.92 Å². The normalized spacial score (nSPS) is 17.5. The van der Waals surface area contributed by atoms with Crippen LogP contribution < -0.4 is 5.32 Å². The van der Waals surface area contributed by atoms with E-state index in [1.807, 2.05) is 4.90 Å². The molecule has 2 aromatic carbocycles. The van der Waals surface area contributed by atoms with Crippen LogP contribution in [0, 0.1) is 5.92 Å². The summed E-state index contributed by atoms with van der Waals surface area (Å²) in [7, 11) is 0.